The quantitative estimate of drug-likeness (QED) is 0.540. The number of para-hydroxylation sites is 1. The minimum absolute atomic E-state index is 0. The highest BCUT2D eigenvalue weighted by Gasteiger charge is 2.42. The fourth-order valence-electron chi connectivity index (χ4n) is 3.04. The maximum atomic E-state index is 2.30. The third kappa shape index (κ3) is 2.82. The van der Waals surface area contributed by atoms with E-state index in [1.807, 2.05) is 6.07 Å². The fraction of sp³-hybridized carbons (Fsp3) is 0.211. The highest BCUT2D eigenvalue weighted by Crippen LogP contribution is 2.39. The lowest BCUT2D eigenvalue weighted by atomic mass is 9.81. The summed E-state index contributed by atoms with van der Waals surface area (Å²) in [5.74, 6) is 0. The van der Waals surface area contributed by atoms with Gasteiger partial charge in [0.1, 0.15) is 7.05 Å². The Kier molecular flexibility index (Phi) is 4.67. The average Bonchev–Trinajstić information content (AvgIpc) is 2.66. The number of nitrogens with zero attached hydrogens (tertiary/aromatic N) is 1. The Labute approximate surface area is 144 Å². The van der Waals surface area contributed by atoms with Crippen LogP contribution in [0, 0.1) is 0 Å². The van der Waals surface area contributed by atoms with E-state index in [1.165, 1.54) is 22.5 Å². The van der Waals surface area contributed by atoms with E-state index >= 15 is 0 Å². The first-order valence-corrected chi connectivity index (χ1v) is 7.04. The van der Waals surface area contributed by atoms with Gasteiger partial charge in [0, 0.05) is 17.7 Å². The molecule has 0 radical (unpaired) electrons. The maximum Gasteiger partial charge on any atom is 0.209 e. The van der Waals surface area contributed by atoms with Gasteiger partial charge in [0.2, 0.25) is 5.69 Å². The molecule has 0 aromatic heterocycles. The van der Waals surface area contributed by atoms with Crippen LogP contribution in [0.4, 0.5) is 5.69 Å². The Balaban J connectivity index is 0.00000161. The third-order valence-corrected chi connectivity index (χ3v) is 4.17. The number of fused-ring (bicyclic) bond motifs is 1. The van der Waals surface area contributed by atoms with Gasteiger partial charge in [-0.2, -0.15) is 4.58 Å². The number of benzene rings is 2. The predicted octanol–water partition coefficient (Wildman–Crippen LogP) is 1.41. The first-order valence-electron chi connectivity index (χ1n) is 7.04. The van der Waals surface area contributed by atoms with Crippen LogP contribution in [0.1, 0.15) is 25.0 Å². The molecule has 1 nitrogen and oxygen atoms in total. The zero-order chi connectivity index (χ0) is 14.2. The molecule has 0 unspecified atom stereocenters. The smallest absolute Gasteiger partial charge is 0.209 e. The van der Waals surface area contributed by atoms with Gasteiger partial charge in [-0.15, -0.1) is 0 Å². The Morgan fingerprint density at radius 3 is 2.14 bits per heavy atom. The molecule has 0 fully saturated rings. The van der Waals surface area contributed by atoms with Crippen LogP contribution in [0.3, 0.4) is 0 Å². The van der Waals surface area contributed by atoms with Crippen LogP contribution in [0.25, 0.3) is 6.08 Å². The van der Waals surface area contributed by atoms with Crippen LogP contribution in [-0.4, -0.2) is 17.3 Å². The van der Waals surface area contributed by atoms with Crippen LogP contribution in [-0.2, 0) is 5.41 Å². The summed E-state index contributed by atoms with van der Waals surface area (Å²) in [6.45, 7) is 4.58. The van der Waals surface area contributed by atoms with Gasteiger partial charge in [-0.25, -0.2) is 0 Å². The van der Waals surface area contributed by atoms with E-state index in [-0.39, 0.29) is 29.4 Å². The monoisotopic (exact) mass is 389 g/mol. The lowest BCUT2D eigenvalue weighted by Crippen LogP contribution is -3.00. The van der Waals surface area contributed by atoms with Gasteiger partial charge in [-0.3, -0.25) is 0 Å². The highest BCUT2D eigenvalue weighted by atomic mass is 127. The van der Waals surface area contributed by atoms with Crippen molar-refractivity contribution in [3.05, 3.63) is 71.8 Å². The predicted molar refractivity (Wildman–Crippen MR) is 85.8 cm³/mol. The molecular weight excluding hydrogens is 369 g/mol. The van der Waals surface area contributed by atoms with E-state index in [9.17, 15) is 0 Å². The molecule has 0 amide bonds. The Morgan fingerprint density at radius 1 is 0.857 bits per heavy atom. The molecular formula is C19H20IN. The summed E-state index contributed by atoms with van der Waals surface area (Å²) in [5, 5.41) is 0. The summed E-state index contributed by atoms with van der Waals surface area (Å²) >= 11 is 0. The number of hydrogen-bond donors (Lipinski definition) is 0. The van der Waals surface area contributed by atoms with Crippen LogP contribution < -0.4 is 24.0 Å². The highest BCUT2D eigenvalue weighted by molar-refractivity contribution is 6.05. The van der Waals surface area contributed by atoms with Gasteiger partial charge < -0.3 is 24.0 Å². The van der Waals surface area contributed by atoms with Crippen molar-refractivity contribution < 1.29 is 28.6 Å². The number of allylic oxidation sites excluding steroid dienone is 1. The summed E-state index contributed by atoms with van der Waals surface area (Å²) in [4.78, 5) is 0. The average molecular weight is 389 g/mol. The van der Waals surface area contributed by atoms with Gasteiger partial charge in [0.15, 0.2) is 5.71 Å². The zero-order valence-electron chi connectivity index (χ0n) is 12.7. The van der Waals surface area contributed by atoms with Crippen molar-refractivity contribution >= 4 is 17.5 Å². The minimum atomic E-state index is 0. The summed E-state index contributed by atoms with van der Waals surface area (Å²) in [6.07, 6.45) is 4.44. The van der Waals surface area contributed by atoms with Crippen LogP contribution >= 0.6 is 0 Å². The van der Waals surface area contributed by atoms with E-state index in [0.717, 1.165) is 0 Å². The Bertz CT molecular complexity index is 697. The second-order valence-corrected chi connectivity index (χ2v) is 5.83. The van der Waals surface area contributed by atoms with Crippen molar-refractivity contribution in [2.75, 3.05) is 7.05 Å². The van der Waals surface area contributed by atoms with E-state index in [0.29, 0.717) is 0 Å². The van der Waals surface area contributed by atoms with Crippen molar-refractivity contribution in [3.63, 3.8) is 0 Å². The maximum absolute atomic E-state index is 2.30. The molecule has 1 aliphatic heterocycles. The third-order valence-electron chi connectivity index (χ3n) is 4.17. The fourth-order valence-corrected chi connectivity index (χ4v) is 3.04. The molecule has 0 saturated heterocycles. The molecule has 2 aromatic carbocycles. The second-order valence-electron chi connectivity index (χ2n) is 5.83. The molecule has 21 heavy (non-hydrogen) atoms. The van der Waals surface area contributed by atoms with E-state index in [2.05, 4.69) is 86.2 Å². The lowest BCUT2D eigenvalue weighted by molar-refractivity contribution is -0.401. The van der Waals surface area contributed by atoms with Crippen molar-refractivity contribution in [3.8, 4) is 0 Å². The normalized spacial score (nSPS) is 16.0. The van der Waals surface area contributed by atoms with Crippen LogP contribution in [0.5, 0.6) is 0 Å². The van der Waals surface area contributed by atoms with Crippen LogP contribution in [0.15, 0.2) is 60.7 Å². The van der Waals surface area contributed by atoms with Gasteiger partial charge >= 0.3 is 0 Å². The molecule has 2 heteroatoms. The van der Waals surface area contributed by atoms with Crippen molar-refractivity contribution in [1.29, 1.82) is 0 Å². The summed E-state index contributed by atoms with van der Waals surface area (Å²) in [7, 11) is 2.15. The van der Waals surface area contributed by atoms with E-state index < -0.39 is 0 Å². The molecule has 3 rings (SSSR count). The number of halogens is 1. The number of hydrogen-bond acceptors (Lipinski definition) is 0. The lowest BCUT2D eigenvalue weighted by Gasteiger charge is -2.15. The van der Waals surface area contributed by atoms with Gasteiger partial charge in [0.25, 0.3) is 0 Å². The van der Waals surface area contributed by atoms with E-state index in [4.69, 9.17) is 0 Å². The molecule has 0 aliphatic carbocycles. The number of rotatable bonds is 2. The Morgan fingerprint density at radius 2 is 1.48 bits per heavy atom. The SMILES string of the molecule is C[N+]1=C(C=Cc2ccccc2)C(C)(C)c2ccccc21.[I-]. The molecule has 108 valence electrons. The molecule has 0 bridgehead atoms. The molecule has 2 aromatic rings. The van der Waals surface area contributed by atoms with Crippen molar-refractivity contribution in [1.82, 2.24) is 0 Å². The zero-order valence-corrected chi connectivity index (χ0v) is 14.8. The van der Waals surface area contributed by atoms with Crippen molar-refractivity contribution in [2.45, 2.75) is 19.3 Å². The molecule has 0 N–H and O–H groups in total. The largest absolute Gasteiger partial charge is 1.00 e. The molecule has 1 aliphatic rings. The van der Waals surface area contributed by atoms with Crippen LogP contribution in [0.2, 0.25) is 0 Å². The molecule has 0 atom stereocenters. The summed E-state index contributed by atoms with van der Waals surface area (Å²) < 4.78 is 2.30. The Hall–Kier alpha value is -1.42. The van der Waals surface area contributed by atoms with E-state index in [1.54, 1.807) is 0 Å². The van der Waals surface area contributed by atoms with Gasteiger partial charge in [-0.1, -0.05) is 48.5 Å². The standard InChI is InChI=1S/C19H20N.HI/c1-19(2)16-11-7-8-12-17(16)20(3)18(19)14-13-15-9-5-4-6-10-15;/h4-14H,1-3H3;1H/q+1;/p-1. The summed E-state index contributed by atoms with van der Waals surface area (Å²) in [6, 6.07) is 19.1. The first kappa shape index (κ1) is 16.0. The molecule has 0 saturated carbocycles. The van der Waals surface area contributed by atoms with Gasteiger partial charge in [-0.05, 0) is 25.5 Å². The minimum Gasteiger partial charge on any atom is -1.00 e. The summed E-state index contributed by atoms with van der Waals surface area (Å²) in [5.41, 5.74) is 5.33. The van der Waals surface area contributed by atoms with Crippen molar-refractivity contribution in [2.24, 2.45) is 0 Å². The topological polar surface area (TPSA) is 3.01 Å². The second kappa shape index (κ2) is 6.14. The van der Waals surface area contributed by atoms with Gasteiger partial charge in [0.05, 0.1) is 5.41 Å². The molecule has 1 heterocycles. The molecule has 0 spiro atoms. The first-order chi connectivity index (χ1) is 9.60.